The lowest BCUT2D eigenvalue weighted by molar-refractivity contribution is 0.0792. The molecule has 2 aromatic rings. The largest absolute Gasteiger partial charge is 0.372 e. The van der Waals surface area contributed by atoms with Crippen molar-refractivity contribution < 1.29 is 9.59 Å². The van der Waals surface area contributed by atoms with Crippen molar-refractivity contribution in [3.63, 3.8) is 0 Å². The number of likely N-dealkylation sites (tertiary alicyclic amines) is 1. The van der Waals surface area contributed by atoms with Gasteiger partial charge in [0.1, 0.15) is 0 Å². The molecule has 5 nitrogen and oxygen atoms in total. The number of carbonyl (C=O) groups excluding carboxylic acids is 2. The number of rotatable bonds is 4. The van der Waals surface area contributed by atoms with Gasteiger partial charge >= 0.3 is 0 Å². The van der Waals surface area contributed by atoms with E-state index in [2.05, 4.69) is 29.3 Å². The Labute approximate surface area is 172 Å². The monoisotopic (exact) mass is 391 g/mol. The quantitative estimate of drug-likeness (QED) is 0.840. The fraction of sp³-hybridized carbons (Fsp3) is 0.417. The molecule has 0 radical (unpaired) electrons. The summed E-state index contributed by atoms with van der Waals surface area (Å²) in [6.45, 7) is 6.15. The number of nitrogens with zero attached hydrogens (tertiary/aromatic N) is 2. The van der Waals surface area contributed by atoms with Crippen molar-refractivity contribution in [2.45, 2.75) is 32.6 Å². The van der Waals surface area contributed by atoms with Crippen LogP contribution in [-0.2, 0) is 0 Å². The molecule has 0 aromatic heterocycles. The second kappa shape index (κ2) is 8.68. The summed E-state index contributed by atoms with van der Waals surface area (Å²) in [4.78, 5) is 29.3. The zero-order chi connectivity index (χ0) is 20.2. The highest BCUT2D eigenvalue weighted by atomic mass is 16.2. The van der Waals surface area contributed by atoms with Gasteiger partial charge in [0.05, 0.1) is 0 Å². The van der Waals surface area contributed by atoms with Crippen LogP contribution < -0.4 is 10.2 Å². The first kappa shape index (κ1) is 19.5. The molecule has 2 aliphatic heterocycles. The summed E-state index contributed by atoms with van der Waals surface area (Å²) in [7, 11) is 0. The third-order valence-corrected chi connectivity index (χ3v) is 6.06. The van der Waals surface area contributed by atoms with E-state index in [9.17, 15) is 9.59 Å². The first-order valence-corrected chi connectivity index (χ1v) is 10.7. The number of amides is 2. The molecule has 152 valence electrons. The van der Waals surface area contributed by atoms with Crippen LogP contribution in [0.4, 0.5) is 11.4 Å². The topological polar surface area (TPSA) is 52.7 Å². The first-order chi connectivity index (χ1) is 14.1. The third kappa shape index (κ3) is 4.61. The second-order valence-electron chi connectivity index (χ2n) is 8.25. The summed E-state index contributed by atoms with van der Waals surface area (Å²) in [6, 6.07) is 15.0. The average molecular weight is 392 g/mol. The van der Waals surface area contributed by atoms with Crippen LogP contribution in [-0.4, -0.2) is 42.9 Å². The lowest BCUT2D eigenvalue weighted by atomic mass is 9.99. The van der Waals surface area contributed by atoms with Gasteiger partial charge in [-0.3, -0.25) is 9.59 Å². The summed E-state index contributed by atoms with van der Waals surface area (Å²) in [6.07, 6.45) is 4.60. The van der Waals surface area contributed by atoms with Gasteiger partial charge in [-0.25, -0.2) is 0 Å². The van der Waals surface area contributed by atoms with E-state index in [0.29, 0.717) is 11.1 Å². The Hall–Kier alpha value is -2.82. The molecular formula is C24H29N3O2. The van der Waals surface area contributed by atoms with Gasteiger partial charge in [-0.05, 0) is 80.1 Å². The van der Waals surface area contributed by atoms with E-state index in [1.807, 2.05) is 17.0 Å². The van der Waals surface area contributed by atoms with E-state index in [4.69, 9.17) is 0 Å². The second-order valence-corrected chi connectivity index (χ2v) is 8.25. The van der Waals surface area contributed by atoms with E-state index in [-0.39, 0.29) is 11.8 Å². The highest BCUT2D eigenvalue weighted by Gasteiger charge is 2.20. The predicted molar refractivity (Wildman–Crippen MR) is 117 cm³/mol. The van der Waals surface area contributed by atoms with Gasteiger partial charge in [-0.1, -0.05) is 6.92 Å². The van der Waals surface area contributed by atoms with Crippen molar-refractivity contribution in [1.29, 1.82) is 0 Å². The first-order valence-electron chi connectivity index (χ1n) is 10.7. The molecule has 2 aliphatic rings. The van der Waals surface area contributed by atoms with Gasteiger partial charge in [0.15, 0.2) is 0 Å². The van der Waals surface area contributed by atoms with Gasteiger partial charge in [0, 0.05) is 48.7 Å². The van der Waals surface area contributed by atoms with Gasteiger partial charge < -0.3 is 15.1 Å². The Balaban J connectivity index is 1.35. The third-order valence-electron chi connectivity index (χ3n) is 6.06. The number of hydrogen-bond donors (Lipinski definition) is 1. The Kier molecular flexibility index (Phi) is 5.84. The van der Waals surface area contributed by atoms with Crippen molar-refractivity contribution in [1.82, 2.24) is 4.90 Å². The Bertz CT molecular complexity index is 847. The van der Waals surface area contributed by atoms with Gasteiger partial charge in [-0.15, -0.1) is 0 Å². The minimum absolute atomic E-state index is 0.0529. The molecule has 0 bridgehead atoms. The van der Waals surface area contributed by atoms with E-state index < -0.39 is 0 Å². The maximum absolute atomic E-state index is 12.6. The van der Waals surface area contributed by atoms with Crippen LogP contribution in [0.15, 0.2) is 48.5 Å². The van der Waals surface area contributed by atoms with Crippen molar-refractivity contribution in [2.24, 2.45) is 5.92 Å². The summed E-state index contributed by atoms with van der Waals surface area (Å²) in [5.74, 6) is 0.698. The summed E-state index contributed by atoms with van der Waals surface area (Å²) in [5.41, 5.74) is 3.18. The van der Waals surface area contributed by atoms with Crippen LogP contribution in [0.2, 0.25) is 0 Å². The van der Waals surface area contributed by atoms with E-state index in [1.54, 1.807) is 24.3 Å². The molecule has 0 saturated carbocycles. The number of carbonyl (C=O) groups is 2. The lowest BCUT2D eigenvalue weighted by Crippen LogP contribution is -2.32. The Morgan fingerprint density at radius 2 is 1.41 bits per heavy atom. The maximum atomic E-state index is 12.6. The minimum atomic E-state index is -0.162. The predicted octanol–water partition coefficient (Wildman–Crippen LogP) is 4.41. The number of nitrogens with one attached hydrogen (secondary N) is 1. The fourth-order valence-electron chi connectivity index (χ4n) is 4.09. The number of hydrogen-bond acceptors (Lipinski definition) is 3. The van der Waals surface area contributed by atoms with Crippen LogP contribution in [0, 0.1) is 5.92 Å². The molecule has 2 aromatic carbocycles. The smallest absolute Gasteiger partial charge is 0.255 e. The molecule has 0 aliphatic carbocycles. The molecule has 2 heterocycles. The molecule has 1 N–H and O–H groups in total. The molecule has 0 atom stereocenters. The summed E-state index contributed by atoms with van der Waals surface area (Å²) >= 11 is 0. The molecule has 0 unspecified atom stereocenters. The highest BCUT2D eigenvalue weighted by molar-refractivity contribution is 6.05. The Morgan fingerprint density at radius 1 is 0.828 bits per heavy atom. The SMILES string of the molecule is CC1CCN(c2ccc(NC(=O)c3ccc(C(=O)N4CCCC4)cc3)cc2)CC1. The zero-order valence-electron chi connectivity index (χ0n) is 17.1. The molecule has 2 fully saturated rings. The molecular weight excluding hydrogens is 362 g/mol. The standard InChI is InChI=1S/C24H29N3O2/c1-18-12-16-26(17-13-18)22-10-8-21(9-11-22)25-23(28)19-4-6-20(7-5-19)24(29)27-14-2-3-15-27/h4-11,18H,2-3,12-17H2,1H3,(H,25,28). The normalized spacial score (nSPS) is 17.4. The summed E-state index contributed by atoms with van der Waals surface area (Å²) < 4.78 is 0. The van der Waals surface area contributed by atoms with Crippen LogP contribution in [0.25, 0.3) is 0 Å². The lowest BCUT2D eigenvalue weighted by Gasteiger charge is -2.32. The van der Waals surface area contributed by atoms with Crippen LogP contribution in [0.1, 0.15) is 53.3 Å². The zero-order valence-corrected chi connectivity index (χ0v) is 17.1. The molecule has 0 spiro atoms. The number of piperidine rings is 1. The van der Waals surface area contributed by atoms with Gasteiger partial charge in [0.2, 0.25) is 0 Å². The number of benzene rings is 2. The van der Waals surface area contributed by atoms with Crippen molar-refractivity contribution in [3.8, 4) is 0 Å². The fourth-order valence-corrected chi connectivity index (χ4v) is 4.09. The Morgan fingerprint density at radius 3 is 2.03 bits per heavy atom. The minimum Gasteiger partial charge on any atom is -0.372 e. The molecule has 2 amide bonds. The van der Waals surface area contributed by atoms with Crippen molar-refractivity contribution >= 4 is 23.2 Å². The maximum Gasteiger partial charge on any atom is 0.255 e. The van der Waals surface area contributed by atoms with Crippen LogP contribution in [0.3, 0.4) is 0 Å². The van der Waals surface area contributed by atoms with Crippen LogP contribution in [0.5, 0.6) is 0 Å². The van der Waals surface area contributed by atoms with Crippen molar-refractivity contribution in [2.75, 3.05) is 36.4 Å². The molecule has 2 saturated heterocycles. The highest BCUT2D eigenvalue weighted by Crippen LogP contribution is 2.24. The summed E-state index contributed by atoms with van der Waals surface area (Å²) in [5, 5.41) is 2.95. The number of anilines is 2. The van der Waals surface area contributed by atoms with Crippen LogP contribution >= 0.6 is 0 Å². The van der Waals surface area contributed by atoms with E-state index >= 15 is 0 Å². The molecule has 4 rings (SSSR count). The van der Waals surface area contributed by atoms with Crippen molar-refractivity contribution in [3.05, 3.63) is 59.7 Å². The van der Waals surface area contributed by atoms with E-state index in [1.165, 1.54) is 18.5 Å². The molecule has 5 heteroatoms. The van der Waals surface area contributed by atoms with Gasteiger partial charge in [0.25, 0.3) is 11.8 Å². The van der Waals surface area contributed by atoms with E-state index in [0.717, 1.165) is 50.6 Å². The average Bonchev–Trinajstić information content (AvgIpc) is 3.29. The van der Waals surface area contributed by atoms with Gasteiger partial charge in [-0.2, -0.15) is 0 Å². The molecule has 29 heavy (non-hydrogen) atoms.